The molecule has 0 atom stereocenters. The number of nitrogens with one attached hydrogen (secondary N) is 1. The van der Waals surface area contributed by atoms with E-state index >= 15 is 0 Å². The van der Waals surface area contributed by atoms with E-state index in [9.17, 15) is 4.79 Å². The second-order valence-electron chi connectivity index (χ2n) is 4.85. The van der Waals surface area contributed by atoms with Crippen LogP contribution < -0.4 is 20.5 Å². The molecule has 6 heteroatoms. The summed E-state index contributed by atoms with van der Waals surface area (Å²) in [4.78, 5) is 10.5. The highest BCUT2D eigenvalue weighted by Gasteiger charge is 2.07. The van der Waals surface area contributed by atoms with E-state index in [1.807, 2.05) is 32.0 Å². The summed E-state index contributed by atoms with van der Waals surface area (Å²) >= 11 is 0. The Labute approximate surface area is 125 Å². The molecule has 0 saturated carbocycles. The highest BCUT2D eigenvalue weighted by molar-refractivity contribution is 5.74. The molecule has 0 aromatic heterocycles. The molecule has 0 unspecified atom stereocenters. The Balaban J connectivity index is 2.40. The maximum absolute atomic E-state index is 10.5. The number of amides is 1. The van der Waals surface area contributed by atoms with Gasteiger partial charge in [-0.15, -0.1) is 0 Å². The van der Waals surface area contributed by atoms with Crippen LogP contribution in [-0.4, -0.2) is 38.9 Å². The molecule has 0 fully saturated rings. The Morgan fingerprint density at radius 3 is 2.71 bits per heavy atom. The lowest BCUT2D eigenvalue weighted by Crippen LogP contribution is -2.23. The van der Waals surface area contributed by atoms with E-state index in [0.29, 0.717) is 25.4 Å². The van der Waals surface area contributed by atoms with Crippen molar-refractivity contribution in [1.29, 1.82) is 0 Å². The van der Waals surface area contributed by atoms with Gasteiger partial charge in [-0.25, -0.2) is 0 Å². The minimum atomic E-state index is -0.458. The number of benzene rings is 1. The van der Waals surface area contributed by atoms with Gasteiger partial charge in [0, 0.05) is 13.1 Å². The van der Waals surface area contributed by atoms with Crippen molar-refractivity contribution in [2.24, 2.45) is 5.73 Å². The molecule has 21 heavy (non-hydrogen) atoms. The van der Waals surface area contributed by atoms with E-state index in [4.69, 9.17) is 19.9 Å². The summed E-state index contributed by atoms with van der Waals surface area (Å²) in [6.45, 7) is 5.66. The molecule has 1 rings (SSSR count). The molecule has 1 amide bonds. The van der Waals surface area contributed by atoms with Gasteiger partial charge in [0.05, 0.1) is 19.8 Å². The summed E-state index contributed by atoms with van der Waals surface area (Å²) in [7, 11) is 1.62. The summed E-state index contributed by atoms with van der Waals surface area (Å²) in [6.07, 6.45) is 0.102. The van der Waals surface area contributed by atoms with Crippen molar-refractivity contribution in [2.75, 3.05) is 26.9 Å². The SMILES string of the molecule is COc1cc(CNCCOCC(N)=O)ccc1OC(C)C. The van der Waals surface area contributed by atoms with Crippen LogP contribution in [0.4, 0.5) is 0 Å². The van der Waals surface area contributed by atoms with Gasteiger partial charge in [-0.2, -0.15) is 0 Å². The molecule has 0 heterocycles. The zero-order valence-electron chi connectivity index (χ0n) is 12.8. The van der Waals surface area contributed by atoms with Gasteiger partial charge < -0.3 is 25.3 Å². The maximum atomic E-state index is 10.5. The van der Waals surface area contributed by atoms with Crippen molar-refractivity contribution in [1.82, 2.24) is 5.32 Å². The molecule has 0 radical (unpaired) electrons. The summed E-state index contributed by atoms with van der Waals surface area (Å²) < 4.78 is 16.1. The predicted octanol–water partition coefficient (Wildman–Crippen LogP) is 1.07. The van der Waals surface area contributed by atoms with Crippen LogP contribution in [0.15, 0.2) is 18.2 Å². The van der Waals surface area contributed by atoms with E-state index in [-0.39, 0.29) is 12.7 Å². The Bertz CT molecular complexity index is 449. The normalized spacial score (nSPS) is 10.7. The van der Waals surface area contributed by atoms with E-state index in [1.165, 1.54) is 0 Å². The molecule has 118 valence electrons. The Kier molecular flexibility index (Phi) is 7.56. The highest BCUT2D eigenvalue weighted by Crippen LogP contribution is 2.28. The minimum Gasteiger partial charge on any atom is -0.493 e. The molecule has 3 N–H and O–H groups in total. The van der Waals surface area contributed by atoms with Crippen LogP contribution in [0.3, 0.4) is 0 Å². The lowest BCUT2D eigenvalue weighted by atomic mass is 10.2. The summed E-state index contributed by atoms with van der Waals surface area (Å²) in [5.41, 5.74) is 6.05. The van der Waals surface area contributed by atoms with Crippen molar-refractivity contribution in [3.8, 4) is 11.5 Å². The topological polar surface area (TPSA) is 82.8 Å². The Morgan fingerprint density at radius 1 is 1.33 bits per heavy atom. The average Bonchev–Trinajstić information content (AvgIpc) is 2.43. The van der Waals surface area contributed by atoms with Crippen molar-refractivity contribution >= 4 is 5.91 Å². The van der Waals surface area contributed by atoms with Crippen LogP contribution in [0.5, 0.6) is 11.5 Å². The van der Waals surface area contributed by atoms with E-state index in [0.717, 1.165) is 11.3 Å². The number of hydrogen-bond donors (Lipinski definition) is 2. The van der Waals surface area contributed by atoms with Crippen LogP contribution in [0, 0.1) is 0 Å². The molecule has 6 nitrogen and oxygen atoms in total. The number of carbonyl (C=O) groups excluding carboxylic acids is 1. The van der Waals surface area contributed by atoms with Crippen LogP contribution in [-0.2, 0) is 16.1 Å². The van der Waals surface area contributed by atoms with E-state index < -0.39 is 5.91 Å². The largest absolute Gasteiger partial charge is 0.493 e. The first kappa shape index (κ1) is 17.3. The van der Waals surface area contributed by atoms with Crippen molar-refractivity contribution < 1.29 is 19.0 Å². The first-order valence-corrected chi connectivity index (χ1v) is 6.93. The molecule has 0 spiro atoms. The van der Waals surface area contributed by atoms with Gasteiger partial charge in [0.25, 0.3) is 0 Å². The van der Waals surface area contributed by atoms with Crippen LogP contribution in [0.25, 0.3) is 0 Å². The molecular weight excluding hydrogens is 272 g/mol. The second-order valence-corrected chi connectivity index (χ2v) is 4.85. The molecule has 1 aromatic carbocycles. The fourth-order valence-electron chi connectivity index (χ4n) is 1.72. The summed E-state index contributed by atoms with van der Waals surface area (Å²) in [5.74, 6) is 0.995. The van der Waals surface area contributed by atoms with Gasteiger partial charge in [0.1, 0.15) is 6.61 Å². The number of primary amides is 1. The second kappa shape index (κ2) is 9.20. The van der Waals surface area contributed by atoms with Crippen molar-refractivity contribution in [3.05, 3.63) is 23.8 Å². The average molecular weight is 296 g/mol. The minimum absolute atomic E-state index is 0.0449. The van der Waals surface area contributed by atoms with Gasteiger partial charge in [0.2, 0.25) is 5.91 Å². The molecule has 0 bridgehead atoms. The third-order valence-corrected chi connectivity index (χ3v) is 2.59. The van der Waals surface area contributed by atoms with Gasteiger partial charge in [-0.1, -0.05) is 6.07 Å². The number of carbonyl (C=O) groups is 1. The molecule has 1 aromatic rings. The predicted molar refractivity (Wildman–Crippen MR) is 80.5 cm³/mol. The smallest absolute Gasteiger partial charge is 0.243 e. The Morgan fingerprint density at radius 2 is 2.10 bits per heavy atom. The zero-order chi connectivity index (χ0) is 15.7. The third kappa shape index (κ3) is 6.97. The Hall–Kier alpha value is -1.79. The number of methoxy groups -OCH3 is 1. The van der Waals surface area contributed by atoms with Crippen molar-refractivity contribution in [2.45, 2.75) is 26.5 Å². The first-order valence-electron chi connectivity index (χ1n) is 6.93. The van der Waals surface area contributed by atoms with E-state index in [1.54, 1.807) is 7.11 Å². The third-order valence-electron chi connectivity index (χ3n) is 2.59. The van der Waals surface area contributed by atoms with Crippen LogP contribution in [0.1, 0.15) is 19.4 Å². The number of hydrogen-bond acceptors (Lipinski definition) is 5. The van der Waals surface area contributed by atoms with Gasteiger partial charge >= 0.3 is 0 Å². The molecule has 0 aliphatic rings. The number of ether oxygens (including phenoxy) is 3. The summed E-state index contributed by atoms with van der Waals surface area (Å²) in [5, 5.41) is 3.21. The number of nitrogens with two attached hydrogens (primary N) is 1. The maximum Gasteiger partial charge on any atom is 0.243 e. The number of rotatable bonds is 10. The lowest BCUT2D eigenvalue weighted by Gasteiger charge is -2.14. The lowest BCUT2D eigenvalue weighted by molar-refractivity contribution is -0.122. The first-order chi connectivity index (χ1) is 10.0. The zero-order valence-corrected chi connectivity index (χ0v) is 12.8. The van der Waals surface area contributed by atoms with Crippen molar-refractivity contribution in [3.63, 3.8) is 0 Å². The van der Waals surface area contributed by atoms with Gasteiger partial charge in [-0.3, -0.25) is 4.79 Å². The molecule has 0 aliphatic heterocycles. The summed E-state index contributed by atoms with van der Waals surface area (Å²) in [6, 6.07) is 5.83. The quantitative estimate of drug-likeness (QED) is 0.631. The van der Waals surface area contributed by atoms with Crippen LogP contribution in [0.2, 0.25) is 0 Å². The standard InChI is InChI=1S/C15H24N2O4/c1-11(2)21-13-5-4-12(8-14(13)19-3)9-17-6-7-20-10-15(16)18/h4-5,8,11,17H,6-7,9-10H2,1-3H3,(H2,16,18). The van der Waals surface area contributed by atoms with Gasteiger partial charge in [0.15, 0.2) is 11.5 Å². The fourth-order valence-corrected chi connectivity index (χ4v) is 1.72. The van der Waals surface area contributed by atoms with Gasteiger partial charge in [-0.05, 0) is 31.5 Å². The fraction of sp³-hybridized carbons (Fsp3) is 0.533. The van der Waals surface area contributed by atoms with E-state index in [2.05, 4.69) is 5.32 Å². The monoisotopic (exact) mass is 296 g/mol. The highest BCUT2D eigenvalue weighted by atomic mass is 16.5. The molecule has 0 aliphatic carbocycles. The molecule has 0 saturated heterocycles. The van der Waals surface area contributed by atoms with Crippen LogP contribution >= 0.6 is 0 Å². The molecular formula is C15H24N2O4.